The van der Waals surface area contributed by atoms with Crippen molar-refractivity contribution in [3.8, 4) is 0 Å². The molecule has 1 aromatic carbocycles. The molecule has 0 aromatic heterocycles. The number of ether oxygens (including phenoxy) is 1. The van der Waals surface area contributed by atoms with E-state index in [0.717, 1.165) is 5.56 Å². The van der Waals surface area contributed by atoms with Crippen molar-refractivity contribution >= 4 is 18.0 Å². The van der Waals surface area contributed by atoms with E-state index in [9.17, 15) is 14.7 Å². The van der Waals surface area contributed by atoms with Gasteiger partial charge in [-0.2, -0.15) is 0 Å². The molecule has 9 nitrogen and oxygen atoms in total. The van der Waals surface area contributed by atoms with E-state index in [0.29, 0.717) is 18.5 Å². The van der Waals surface area contributed by atoms with Crippen LogP contribution < -0.4 is 26.6 Å². The van der Waals surface area contributed by atoms with Crippen molar-refractivity contribution in [1.29, 1.82) is 0 Å². The Morgan fingerprint density at radius 3 is 2.29 bits per heavy atom. The molecule has 2 aliphatic rings. The fourth-order valence-electron chi connectivity index (χ4n) is 3.06. The molecule has 1 fully saturated rings. The number of rotatable bonds is 10. The maximum absolute atomic E-state index is 12.0. The Kier molecular flexibility index (Phi) is 21.4. The number of allylic oxidation sites excluding steroid dienone is 5. The zero-order chi connectivity index (χ0) is 28.4. The van der Waals surface area contributed by atoms with Gasteiger partial charge < -0.3 is 31.1 Å². The van der Waals surface area contributed by atoms with Crippen molar-refractivity contribution < 1.29 is 19.4 Å². The Morgan fingerprint density at radius 2 is 1.87 bits per heavy atom. The molecule has 0 saturated carbocycles. The van der Waals surface area contributed by atoms with Gasteiger partial charge in [-0.3, -0.25) is 14.9 Å². The number of benzene rings is 1. The summed E-state index contributed by atoms with van der Waals surface area (Å²) in [7, 11) is 3.25. The van der Waals surface area contributed by atoms with Crippen molar-refractivity contribution in [2.75, 3.05) is 39.2 Å². The second-order valence-electron chi connectivity index (χ2n) is 8.17. The van der Waals surface area contributed by atoms with Crippen LogP contribution in [0.3, 0.4) is 0 Å². The van der Waals surface area contributed by atoms with Gasteiger partial charge in [0, 0.05) is 19.9 Å². The predicted molar refractivity (Wildman–Crippen MR) is 157 cm³/mol. The van der Waals surface area contributed by atoms with E-state index in [1.165, 1.54) is 25.9 Å². The van der Waals surface area contributed by atoms with Crippen molar-refractivity contribution in [3.05, 3.63) is 91.4 Å². The summed E-state index contributed by atoms with van der Waals surface area (Å²) in [6.07, 6.45) is 16.7. The van der Waals surface area contributed by atoms with Crippen LogP contribution in [0.2, 0.25) is 0 Å². The topological polar surface area (TPSA) is 124 Å². The first kappa shape index (κ1) is 34.3. The number of hydrogen-bond donors (Lipinski definition) is 6. The maximum Gasteiger partial charge on any atom is 0.238 e. The van der Waals surface area contributed by atoms with Crippen molar-refractivity contribution in [2.45, 2.75) is 38.4 Å². The summed E-state index contributed by atoms with van der Waals surface area (Å²) in [6.45, 7) is 11.5. The van der Waals surface area contributed by atoms with Crippen LogP contribution in [-0.2, 0) is 20.7 Å². The number of aliphatic hydroxyl groups excluding tert-OH is 1. The number of nitrogens with one attached hydrogen (secondary N) is 5. The van der Waals surface area contributed by atoms with E-state index in [4.69, 9.17) is 0 Å². The molecule has 2 atom stereocenters. The van der Waals surface area contributed by atoms with Gasteiger partial charge in [0.05, 0.1) is 18.8 Å². The predicted octanol–water partition coefficient (Wildman–Crippen LogP) is 3.32. The summed E-state index contributed by atoms with van der Waals surface area (Å²) in [4.78, 5) is 22.5. The Labute approximate surface area is 227 Å². The highest BCUT2D eigenvalue weighted by Gasteiger charge is 2.12. The Hall–Kier alpha value is -3.66. The minimum Gasteiger partial charge on any atom is -0.511 e. The number of carbonyl (C=O) groups is 2. The monoisotopic (exact) mass is 527 g/mol. The quantitative estimate of drug-likeness (QED) is 0.157. The van der Waals surface area contributed by atoms with Gasteiger partial charge in [-0.25, -0.2) is 0 Å². The van der Waals surface area contributed by atoms with Gasteiger partial charge >= 0.3 is 0 Å². The molecule has 9 heteroatoms. The number of hydrogen-bond acceptors (Lipinski definition) is 7. The van der Waals surface area contributed by atoms with Crippen LogP contribution in [0, 0.1) is 0 Å². The summed E-state index contributed by atoms with van der Waals surface area (Å²) in [5, 5.41) is 24.1. The second kappa shape index (κ2) is 23.7. The number of carbonyl (C=O) groups excluding carboxylic acids is 2. The first-order valence-corrected chi connectivity index (χ1v) is 12.5. The molecule has 38 heavy (non-hydrogen) atoms. The maximum atomic E-state index is 12.0. The smallest absolute Gasteiger partial charge is 0.238 e. The van der Waals surface area contributed by atoms with Crippen LogP contribution in [0.4, 0.5) is 5.69 Å². The van der Waals surface area contributed by atoms with Crippen LogP contribution >= 0.6 is 0 Å². The summed E-state index contributed by atoms with van der Waals surface area (Å²) in [5.74, 6) is -0.252. The molecule has 2 unspecified atom stereocenters. The van der Waals surface area contributed by atoms with Crippen molar-refractivity contribution in [2.24, 2.45) is 0 Å². The molecular weight excluding hydrogens is 482 g/mol. The molecule has 2 heterocycles. The zero-order valence-corrected chi connectivity index (χ0v) is 22.9. The highest BCUT2D eigenvalue weighted by molar-refractivity contribution is 5.92. The van der Waals surface area contributed by atoms with Crippen LogP contribution in [0.25, 0.3) is 0 Å². The lowest BCUT2D eigenvalue weighted by molar-refractivity contribution is -0.115. The lowest BCUT2D eigenvalue weighted by Gasteiger charge is -2.17. The molecule has 0 aliphatic carbocycles. The first-order valence-electron chi connectivity index (χ1n) is 12.5. The van der Waals surface area contributed by atoms with E-state index in [1.807, 2.05) is 55.6 Å². The summed E-state index contributed by atoms with van der Waals surface area (Å²) < 4.78 is 4.25. The van der Waals surface area contributed by atoms with Gasteiger partial charge in [-0.05, 0) is 75.3 Å². The molecule has 210 valence electrons. The summed E-state index contributed by atoms with van der Waals surface area (Å²) in [5.41, 5.74) is 1.57. The van der Waals surface area contributed by atoms with Gasteiger partial charge in [-0.1, -0.05) is 49.6 Å². The van der Waals surface area contributed by atoms with Crippen LogP contribution in [-0.4, -0.2) is 63.5 Å². The summed E-state index contributed by atoms with van der Waals surface area (Å²) >= 11 is 0. The number of aliphatic hydroxyl groups is 1. The summed E-state index contributed by atoms with van der Waals surface area (Å²) in [6, 6.07) is 6.65. The zero-order valence-electron chi connectivity index (χ0n) is 22.9. The van der Waals surface area contributed by atoms with Gasteiger partial charge in [0.25, 0.3) is 0 Å². The fourth-order valence-corrected chi connectivity index (χ4v) is 3.06. The van der Waals surface area contributed by atoms with Crippen LogP contribution in [0.15, 0.2) is 85.8 Å². The highest BCUT2D eigenvalue weighted by atomic mass is 16.4. The molecular formula is C29H45N5O4. The van der Waals surface area contributed by atoms with E-state index < -0.39 is 6.04 Å². The normalized spacial score (nSPS) is 15.7. The number of amides is 2. The van der Waals surface area contributed by atoms with E-state index in [1.54, 1.807) is 32.4 Å². The van der Waals surface area contributed by atoms with Gasteiger partial charge in [0.15, 0.2) is 0 Å². The molecule has 2 amide bonds. The molecule has 0 radical (unpaired) electrons. The lowest BCUT2D eigenvalue weighted by atomic mass is 10.0. The third-order valence-electron chi connectivity index (χ3n) is 4.90. The number of anilines is 1. The van der Waals surface area contributed by atoms with Gasteiger partial charge in [0.2, 0.25) is 12.3 Å². The molecule has 1 saturated heterocycles. The lowest BCUT2D eigenvalue weighted by Crippen LogP contribution is -2.42. The van der Waals surface area contributed by atoms with E-state index in [-0.39, 0.29) is 24.4 Å². The average molecular weight is 528 g/mol. The molecule has 3 rings (SSSR count). The van der Waals surface area contributed by atoms with Crippen molar-refractivity contribution in [1.82, 2.24) is 21.3 Å². The average Bonchev–Trinajstić information content (AvgIpc) is 3.51. The largest absolute Gasteiger partial charge is 0.511 e. The standard InChI is InChI=1S/C18H22N4O3.C5H8.C4H9N.C2H6O/c1-13(24)16(21-12-23)10-14-5-7-15(8-6-14)22-18(25)11-20-17-4-2-3-9-19-17;1-3-5-4-2;1-2-4-5-3-1;1-3-2/h2-9,12,16-17,19-20,24H,1,10-11H2,(H,21,23)(H,22,25);3-5H,1H2,2H3;5H,1-4H2;1-2H3/b;5-4+;;. The van der Waals surface area contributed by atoms with Crippen LogP contribution in [0.5, 0.6) is 0 Å². The van der Waals surface area contributed by atoms with E-state index >= 15 is 0 Å². The Bertz CT molecular complexity index is 870. The number of dihydropyridines is 1. The first-order chi connectivity index (χ1) is 18.4. The molecule has 2 aliphatic heterocycles. The minimum atomic E-state index is -0.535. The molecule has 6 N–H and O–H groups in total. The molecule has 0 bridgehead atoms. The van der Waals surface area contributed by atoms with Crippen molar-refractivity contribution in [3.63, 3.8) is 0 Å². The third kappa shape index (κ3) is 18.6. The number of methoxy groups -OCH3 is 1. The fraction of sp³-hybridized carbons (Fsp3) is 0.379. The Balaban J connectivity index is 0.000000862. The van der Waals surface area contributed by atoms with E-state index in [2.05, 4.69) is 44.5 Å². The minimum absolute atomic E-state index is 0.0630. The van der Waals surface area contributed by atoms with Gasteiger partial charge in [0.1, 0.15) is 5.76 Å². The van der Waals surface area contributed by atoms with Crippen LogP contribution in [0.1, 0.15) is 25.3 Å². The van der Waals surface area contributed by atoms with Gasteiger partial charge in [-0.15, -0.1) is 0 Å². The molecule has 0 spiro atoms. The third-order valence-corrected chi connectivity index (χ3v) is 4.90. The SMILES string of the molecule is C1CCNC1.C=C(O)C(Cc1ccc(NC(=O)CNC2C=CC=CN2)cc1)NC=O.C=C/C=C/C.COC. The Morgan fingerprint density at radius 1 is 1.21 bits per heavy atom. The molecule has 1 aromatic rings. The second-order valence-corrected chi connectivity index (χ2v) is 8.17. The highest BCUT2D eigenvalue weighted by Crippen LogP contribution is 2.12.